The molecule has 0 rings (SSSR count). The molecule has 0 saturated heterocycles. The molecule has 0 aliphatic rings. The summed E-state index contributed by atoms with van der Waals surface area (Å²) in [5, 5.41) is 0.478. The number of carbonyl (C=O) groups excluding carboxylic acids is 1. The van der Waals surface area contributed by atoms with Crippen LogP contribution in [0.1, 0.15) is 19.8 Å². The van der Waals surface area contributed by atoms with Gasteiger partial charge in [-0.1, -0.05) is 6.92 Å². The van der Waals surface area contributed by atoms with Gasteiger partial charge in [-0.25, -0.2) is 0 Å². The fourth-order valence-electron chi connectivity index (χ4n) is 0.848. The quantitative estimate of drug-likeness (QED) is 0.468. The van der Waals surface area contributed by atoms with Gasteiger partial charge >= 0.3 is 0 Å². The summed E-state index contributed by atoms with van der Waals surface area (Å²) in [4.78, 5) is 11.5. The van der Waals surface area contributed by atoms with E-state index in [-0.39, 0.29) is 0 Å². The van der Waals surface area contributed by atoms with Crippen molar-refractivity contribution >= 4 is 34.4 Å². The predicted molar refractivity (Wildman–Crippen MR) is 70.7 cm³/mol. The van der Waals surface area contributed by atoms with Gasteiger partial charge in [-0.2, -0.15) is 0 Å². The Balaban J connectivity index is 3.74. The largest absolute Gasteiger partial charge is 0.330 e. The molecule has 0 N–H and O–H groups in total. The molecule has 4 heteroatoms. The highest BCUT2D eigenvalue weighted by molar-refractivity contribution is 14.2. The van der Waals surface area contributed by atoms with Crippen molar-refractivity contribution in [3.05, 3.63) is 0 Å². The van der Waals surface area contributed by atoms with Gasteiger partial charge in [-0.3, -0.25) is 4.79 Å². The molecule has 1 atom stereocenters. The molecule has 0 saturated carbocycles. The zero-order chi connectivity index (χ0) is 10.5. The maximum atomic E-state index is 11.5. The Morgan fingerprint density at radius 2 is 1.92 bits per heavy atom. The predicted octanol–water partition coefficient (Wildman–Crippen LogP) is 2.37. The Hall–Kier alpha value is 0.710. The van der Waals surface area contributed by atoms with Crippen molar-refractivity contribution in [3.63, 3.8) is 0 Å². The van der Waals surface area contributed by atoms with Crippen LogP contribution >= 0.6 is 29.3 Å². The highest BCUT2D eigenvalue weighted by Gasteiger charge is 2.14. The molecule has 1 unspecified atom stereocenters. The Kier molecular flexibility index (Phi) is 6.58. The Morgan fingerprint density at radius 1 is 1.38 bits per heavy atom. The maximum Gasteiger partial charge on any atom is 0.178 e. The van der Waals surface area contributed by atoms with Crippen LogP contribution in [-0.2, 0) is 4.79 Å². The summed E-state index contributed by atoms with van der Waals surface area (Å²) in [7, 11) is 6.12. The minimum Gasteiger partial charge on any atom is -0.330 e. The zero-order valence-electron chi connectivity index (χ0n) is 9.01. The van der Waals surface area contributed by atoms with E-state index in [9.17, 15) is 4.79 Å². The summed E-state index contributed by atoms with van der Waals surface area (Å²) in [5.41, 5.74) is 0. The normalized spacial score (nSPS) is 15.6. The molecule has 0 bridgehead atoms. The van der Waals surface area contributed by atoms with E-state index in [1.54, 1.807) is 0 Å². The Morgan fingerprint density at radius 3 is 2.31 bits per heavy atom. The van der Waals surface area contributed by atoms with E-state index in [2.05, 4.69) is 49.3 Å². The first-order chi connectivity index (χ1) is 5.87. The molecule has 0 aromatic rings. The van der Waals surface area contributed by atoms with Crippen LogP contribution < -0.4 is 0 Å². The van der Waals surface area contributed by atoms with Crippen molar-refractivity contribution in [1.82, 2.24) is 0 Å². The number of nitrogens with zero attached hydrogens (tertiary/aromatic N) is 1. The van der Waals surface area contributed by atoms with Crippen molar-refractivity contribution in [1.29, 1.82) is 0 Å². The minimum absolute atomic E-state index is 0.397. The highest BCUT2D eigenvalue weighted by Crippen LogP contribution is 2.37. The summed E-state index contributed by atoms with van der Waals surface area (Å²) < 4.78 is 0.960. The van der Waals surface area contributed by atoms with Crippen LogP contribution in [0.25, 0.3) is 0 Å². The first kappa shape index (κ1) is 13.7. The molecule has 0 radical (unpaired) electrons. The topological polar surface area (TPSA) is 17.1 Å². The van der Waals surface area contributed by atoms with E-state index in [0.29, 0.717) is 5.12 Å². The summed E-state index contributed by atoms with van der Waals surface area (Å²) in [6.45, 7) is 3.17. The van der Waals surface area contributed by atoms with Gasteiger partial charge in [-0.15, -0.1) is 8.07 Å². The second-order valence-corrected chi connectivity index (χ2v) is 9.41. The fraction of sp³-hybridized carbons (Fsp3) is 0.889. The number of hydrogen-bond donors (Lipinski definition) is 1. The molecule has 0 aromatic carbocycles. The first-order valence-corrected chi connectivity index (χ1v) is 8.94. The van der Waals surface area contributed by atoms with Crippen LogP contribution in [0, 0.1) is 0 Å². The molecule has 2 nitrogen and oxygen atoms in total. The second kappa shape index (κ2) is 6.24. The fourth-order valence-corrected chi connectivity index (χ4v) is 3.71. The lowest BCUT2D eigenvalue weighted by Gasteiger charge is -2.25. The standard InChI is InChI=1S/C9H21INOS/c1-5-6-9(12)13(10)8-7-11(2,3)4/h13H,5-8H2,1-4H3/q+1. The van der Waals surface area contributed by atoms with Crippen LogP contribution in [0.5, 0.6) is 0 Å². The molecule has 0 heterocycles. The lowest BCUT2D eigenvalue weighted by Crippen LogP contribution is -2.37. The van der Waals surface area contributed by atoms with Crippen LogP contribution in [0.2, 0.25) is 0 Å². The molecule has 13 heavy (non-hydrogen) atoms. The van der Waals surface area contributed by atoms with Crippen LogP contribution in [-0.4, -0.2) is 43.0 Å². The minimum atomic E-state index is -0.397. The van der Waals surface area contributed by atoms with E-state index < -0.39 is 8.07 Å². The third kappa shape index (κ3) is 7.76. The molecular formula is C9H21INOS+. The van der Waals surface area contributed by atoms with Crippen LogP contribution in [0.3, 0.4) is 0 Å². The van der Waals surface area contributed by atoms with Gasteiger partial charge in [-0.05, 0) is 27.6 Å². The summed E-state index contributed by atoms with van der Waals surface area (Å²) in [6.07, 6.45) is 1.76. The smallest absolute Gasteiger partial charge is 0.178 e. The summed E-state index contributed by atoms with van der Waals surface area (Å²) in [6, 6.07) is 0. The summed E-state index contributed by atoms with van der Waals surface area (Å²) >= 11 is 2.34. The van der Waals surface area contributed by atoms with E-state index in [4.69, 9.17) is 0 Å². The second-order valence-electron chi connectivity index (χ2n) is 4.24. The van der Waals surface area contributed by atoms with Crippen molar-refractivity contribution in [3.8, 4) is 0 Å². The zero-order valence-corrected chi connectivity index (χ0v) is 12.1. The third-order valence-electron chi connectivity index (χ3n) is 1.70. The molecule has 80 valence electrons. The number of hydrogen-bond acceptors (Lipinski definition) is 1. The lowest BCUT2D eigenvalue weighted by atomic mass is 10.4. The number of rotatable bonds is 5. The monoisotopic (exact) mass is 318 g/mol. The van der Waals surface area contributed by atoms with Crippen LogP contribution in [0.15, 0.2) is 0 Å². The van der Waals surface area contributed by atoms with E-state index in [0.717, 1.165) is 29.6 Å². The molecule has 0 spiro atoms. The number of carbonyl (C=O) groups is 1. The first-order valence-electron chi connectivity index (χ1n) is 4.63. The number of thiol groups is 1. The van der Waals surface area contributed by atoms with Crippen molar-refractivity contribution in [2.24, 2.45) is 0 Å². The van der Waals surface area contributed by atoms with Gasteiger partial charge in [0.05, 0.1) is 27.7 Å². The van der Waals surface area contributed by atoms with Gasteiger partial charge < -0.3 is 4.48 Å². The molecular weight excluding hydrogens is 297 g/mol. The van der Waals surface area contributed by atoms with Gasteiger partial charge in [0.2, 0.25) is 0 Å². The molecule has 0 fully saturated rings. The van der Waals surface area contributed by atoms with Gasteiger partial charge in [0.15, 0.2) is 5.12 Å². The Bertz CT molecular complexity index is 167. The van der Waals surface area contributed by atoms with E-state index in [1.807, 2.05) is 0 Å². The van der Waals surface area contributed by atoms with E-state index in [1.165, 1.54) is 0 Å². The molecule has 0 aliphatic carbocycles. The number of quaternary nitrogens is 1. The lowest BCUT2D eigenvalue weighted by molar-refractivity contribution is -0.867. The maximum absolute atomic E-state index is 11.5. The molecule has 0 amide bonds. The number of halogens is 1. The average Bonchev–Trinajstić information content (AvgIpc) is 1.99. The highest BCUT2D eigenvalue weighted by atomic mass is 127. The summed E-state index contributed by atoms with van der Waals surface area (Å²) in [5.74, 6) is 1.07. The van der Waals surface area contributed by atoms with Crippen molar-refractivity contribution in [2.45, 2.75) is 19.8 Å². The SMILES string of the molecule is CCCC(=O)[SH](I)CC[N+](C)(C)C. The van der Waals surface area contributed by atoms with Crippen molar-refractivity contribution < 1.29 is 9.28 Å². The van der Waals surface area contributed by atoms with E-state index >= 15 is 0 Å². The molecule has 0 aliphatic heterocycles. The van der Waals surface area contributed by atoms with Gasteiger partial charge in [0.25, 0.3) is 0 Å². The average molecular weight is 318 g/mol. The van der Waals surface area contributed by atoms with Crippen LogP contribution in [0.4, 0.5) is 0 Å². The Labute approximate surface area is 96.6 Å². The third-order valence-corrected chi connectivity index (χ3v) is 6.12. The van der Waals surface area contributed by atoms with Crippen molar-refractivity contribution in [2.75, 3.05) is 33.4 Å². The molecule has 0 aromatic heterocycles. The van der Waals surface area contributed by atoms with Gasteiger partial charge in [0, 0.05) is 12.2 Å². The van der Waals surface area contributed by atoms with Gasteiger partial charge in [0.1, 0.15) is 0 Å².